The smallest absolute Gasteiger partial charge is 0.226 e. The number of fused-ring (bicyclic) bond motifs is 1. The van der Waals surface area contributed by atoms with Crippen molar-refractivity contribution in [2.24, 2.45) is 0 Å². The number of amides is 1. The van der Waals surface area contributed by atoms with Gasteiger partial charge in [0.2, 0.25) is 5.91 Å². The summed E-state index contributed by atoms with van der Waals surface area (Å²) in [5.74, 6) is 1.36. The van der Waals surface area contributed by atoms with Gasteiger partial charge in [0.15, 0.2) is 5.65 Å². The highest BCUT2D eigenvalue weighted by Crippen LogP contribution is 2.31. The van der Waals surface area contributed by atoms with Gasteiger partial charge in [-0.25, -0.2) is 4.98 Å². The summed E-state index contributed by atoms with van der Waals surface area (Å²) in [6.45, 7) is 2.11. The molecule has 5 aromatic rings. The quantitative estimate of drug-likeness (QED) is 0.251. The molecule has 1 N–H and O–H groups in total. The Morgan fingerprint density at radius 2 is 1.69 bits per heavy atom. The number of anilines is 1. The Morgan fingerprint density at radius 3 is 2.44 bits per heavy atom. The van der Waals surface area contributed by atoms with Crippen LogP contribution in [0.25, 0.3) is 16.8 Å². The highest BCUT2D eigenvalue weighted by Gasteiger charge is 2.26. The number of halogens is 1. The molecule has 196 valence electrons. The third-order valence-corrected chi connectivity index (χ3v) is 7.89. The maximum Gasteiger partial charge on any atom is 0.226 e. The predicted octanol–water partition coefficient (Wildman–Crippen LogP) is 6.11. The molecule has 0 unspecified atom stereocenters. The molecule has 0 aliphatic carbocycles. The lowest BCUT2D eigenvalue weighted by atomic mass is 9.92. The third-order valence-electron chi connectivity index (χ3n) is 7.33. The molecule has 0 radical (unpaired) electrons. The molecular weight excluding hydrogens is 552 g/mol. The number of carbonyl (C=O) groups excluding carboxylic acids is 1. The van der Waals surface area contributed by atoms with Crippen LogP contribution in [0.2, 0.25) is 0 Å². The fourth-order valence-electron chi connectivity index (χ4n) is 5.14. The number of pyridine rings is 1. The Bertz CT molecular complexity index is 1560. The van der Waals surface area contributed by atoms with Gasteiger partial charge in [0.05, 0.1) is 17.1 Å². The lowest BCUT2D eigenvalue weighted by Crippen LogP contribution is -2.39. The van der Waals surface area contributed by atoms with E-state index in [-0.39, 0.29) is 11.8 Å². The van der Waals surface area contributed by atoms with Crippen LogP contribution in [0.4, 0.5) is 5.82 Å². The summed E-state index contributed by atoms with van der Waals surface area (Å²) < 4.78 is 2.69. The van der Waals surface area contributed by atoms with E-state index in [9.17, 15) is 4.79 Å². The van der Waals surface area contributed by atoms with Crippen molar-refractivity contribution in [3.05, 3.63) is 113 Å². The number of hydrogen-bond acceptors (Lipinski definition) is 5. The molecule has 6 rings (SSSR count). The van der Waals surface area contributed by atoms with Gasteiger partial charge in [-0.2, -0.15) is 9.61 Å². The second-order valence-corrected chi connectivity index (χ2v) is 10.8. The average molecular weight is 582 g/mol. The van der Waals surface area contributed by atoms with Gasteiger partial charge in [0.1, 0.15) is 5.82 Å². The van der Waals surface area contributed by atoms with E-state index in [0.29, 0.717) is 13.0 Å². The van der Waals surface area contributed by atoms with Gasteiger partial charge in [-0.3, -0.25) is 9.78 Å². The topological polar surface area (TPSA) is 75.4 Å². The van der Waals surface area contributed by atoms with Gasteiger partial charge in [0, 0.05) is 49.7 Å². The van der Waals surface area contributed by atoms with E-state index in [2.05, 4.69) is 73.8 Å². The van der Waals surface area contributed by atoms with Gasteiger partial charge in [0.25, 0.3) is 0 Å². The van der Waals surface area contributed by atoms with Crippen molar-refractivity contribution in [1.82, 2.24) is 24.5 Å². The number of rotatable bonds is 7. The lowest BCUT2D eigenvalue weighted by molar-refractivity contribution is -0.131. The van der Waals surface area contributed by atoms with Crippen molar-refractivity contribution in [3.8, 4) is 11.1 Å². The fraction of sp³-hybridized carbons (Fsp3) is 0.226. The van der Waals surface area contributed by atoms with Crippen molar-refractivity contribution >= 4 is 33.3 Å². The van der Waals surface area contributed by atoms with E-state index in [0.717, 1.165) is 64.3 Å². The van der Waals surface area contributed by atoms with Gasteiger partial charge >= 0.3 is 0 Å². The van der Waals surface area contributed by atoms with Crippen molar-refractivity contribution in [2.75, 3.05) is 18.4 Å². The van der Waals surface area contributed by atoms with Crippen LogP contribution in [-0.4, -0.2) is 43.5 Å². The third kappa shape index (κ3) is 5.71. The first-order valence-electron chi connectivity index (χ1n) is 13.2. The first-order chi connectivity index (χ1) is 19.1. The van der Waals surface area contributed by atoms with Crippen molar-refractivity contribution in [1.29, 1.82) is 0 Å². The van der Waals surface area contributed by atoms with E-state index >= 15 is 0 Å². The SMILES string of the molecule is O=C(Cc1ccc(-c2ccccc2)cc1)N1CCC(c2cc(NCc3cccnc3)n3ncc(Br)c3n2)CC1. The Labute approximate surface area is 236 Å². The number of aromatic nitrogens is 4. The molecule has 1 saturated heterocycles. The Balaban J connectivity index is 1.10. The number of benzene rings is 2. The number of nitrogens with zero attached hydrogens (tertiary/aromatic N) is 5. The monoisotopic (exact) mass is 580 g/mol. The minimum atomic E-state index is 0.182. The highest BCUT2D eigenvalue weighted by atomic mass is 79.9. The molecular formula is C31H29BrN6O. The van der Waals surface area contributed by atoms with Crippen LogP contribution in [0.5, 0.6) is 0 Å². The zero-order valence-electron chi connectivity index (χ0n) is 21.5. The van der Waals surface area contributed by atoms with E-state index in [1.54, 1.807) is 12.4 Å². The van der Waals surface area contributed by atoms with Crippen molar-refractivity contribution in [2.45, 2.75) is 31.7 Å². The largest absolute Gasteiger partial charge is 0.366 e. The zero-order chi connectivity index (χ0) is 26.6. The number of hydrogen-bond donors (Lipinski definition) is 1. The van der Waals surface area contributed by atoms with Gasteiger partial charge in [-0.05, 0) is 57.1 Å². The van der Waals surface area contributed by atoms with E-state index in [1.165, 1.54) is 5.56 Å². The molecule has 0 spiro atoms. The van der Waals surface area contributed by atoms with Gasteiger partial charge in [-0.1, -0.05) is 60.7 Å². The Kier molecular flexibility index (Phi) is 7.36. The standard InChI is InChI=1S/C31H29BrN6O/c32-27-21-35-38-29(34-20-23-5-4-14-33-19-23)18-28(36-31(27)38)26-12-15-37(16-13-26)30(39)17-22-8-10-25(11-9-22)24-6-2-1-3-7-24/h1-11,14,18-19,21,26,34H,12-13,15-17,20H2. The van der Waals surface area contributed by atoms with Crippen LogP contribution in [0.3, 0.4) is 0 Å². The Hall–Kier alpha value is -4.04. The van der Waals surface area contributed by atoms with Crippen LogP contribution in [0, 0.1) is 0 Å². The second kappa shape index (κ2) is 11.4. The molecule has 4 heterocycles. The number of carbonyl (C=O) groups is 1. The summed E-state index contributed by atoms with van der Waals surface area (Å²) in [5.41, 5.74) is 6.30. The second-order valence-electron chi connectivity index (χ2n) is 9.90. The molecule has 1 amide bonds. The summed E-state index contributed by atoms with van der Waals surface area (Å²) in [6, 6.07) is 24.7. The first kappa shape index (κ1) is 25.2. The summed E-state index contributed by atoms with van der Waals surface area (Å²) in [5, 5.41) is 7.99. The maximum absolute atomic E-state index is 13.1. The number of likely N-dealkylation sites (tertiary alicyclic amines) is 1. The molecule has 7 nitrogen and oxygen atoms in total. The van der Waals surface area contributed by atoms with Crippen LogP contribution < -0.4 is 5.32 Å². The van der Waals surface area contributed by atoms with E-state index < -0.39 is 0 Å². The summed E-state index contributed by atoms with van der Waals surface area (Å²) in [4.78, 5) is 24.2. The highest BCUT2D eigenvalue weighted by molar-refractivity contribution is 9.10. The predicted molar refractivity (Wildman–Crippen MR) is 156 cm³/mol. The van der Waals surface area contributed by atoms with Crippen molar-refractivity contribution in [3.63, 3.8) is 0 Å². The molecule has 3 aromatic heterocycles. The number of piperidine rings is 1. The summed E-state index contributed by atoms with van der Waals surface area (Å²) in [6.07, 6.45) is 7.60. The Morgan fingerprint density at radius 1 is 0.923 bits per heavy atom. The zero-order valence-corrected chi connectivity index (χ0v) is 23.1. The van der Waals surface area contributed by atoms with Crippen LogP contribution in [0.1, 0.15) is 35.6 Å². The molecule has 1 fully saturated rings. The molecule has 1 aliphatic heterocycles. The lowest BCUT2D eigenvalue weighted by Gasteiger charge is -2.32. The van der Waals surface area contributed by atoms with Gasteiger partial charge < -0.3 is 10.2 Å². The maximum atomic E-state index is 13.1. The summed E-state index contributed by atoms with van der Waals surface area (Å²) in [7, 11) is 0. The molecule has 0 saturated carbocycles. The minimum absolute atomic E-state index is 0.182. The minimum Gasteiger partial charge on any atom is -0.366 e. The molecule has 8 heteroatoms. The van der Waals surface area contributed by atoms with E-state index in [1.807, 2.05) is 45.9 Å². The fourth-order valence-corrected chi connectivity index (χ4v) is 5.49. The van der Waals surface area contributed by atoms with Crippen LogP contribution in [-0.2, 0) is 17.8 Å². The molecule has 39 heavy (non-hydrogen) atoms. The molecule has 0 bridgehead atoms. The normalized spacial score (nSPS) is 14.0. The molecule has 1 aliphatic rings. The van der Waals surface area contributed by atoms with Crippen LogP contribution in [0.15, 0.2) is 95.9 Å². The number of nitrogens with one attached hydrogen (secondary N) is 1. The first-order valence-corrected chi connectivity index (χ1v) is 14.0. The molecule has 2 aromatic carbocycles. The average Bonchev–Trinajstić information content (AvgIpc) is 3.38. The van der Waals surface area contributed by atoms with E-state index in [4.69, 9.17) is 4.98 Å². The molecule has 0 atom stereocenters. The van der Waals surface area contributed by atoms with Crippen LogP contribution >= 0.6 is 15.9 Å². The van der Waals surface area contributed by atoms with Gasteiger partial charge in [-0.15, -0.1) is 0 Å². The summed E-state index contributed by atoms with van der Waals surface area (Å²) >= 11 is 3.60. The van der Waals surface area contributed by atoms with Crippen molar-refractivity contribution < 1.29 is 4.79 Å².